The fourth-order valence-corrected chi connectivity index (χ4v) is 3.61. The normalized spacial score (nSPS) is 19.2. The summed E-state index contributed by atoms with van der Waals surface area (Å²) < 4.78 is 2.07. The highest BCUT2D eigenvalue weighted by molar-refractivity contribution is 9.11. The number of aromatic nitrogens is 1. The van der Waals surface area contributed by atoms with Crippen LogP contribution in [-0.4, -0.2) is 30.7 Å². The van der Waals surface area contributed by atoms with Crippen LogP contribution in [0.15, 0.2) is 21.2 Å². The van der Waals surface area contributed by atoms with Crippen molar-refractivity contribution in [3.8, 4) is 0 Å². The molecule has 5 heteroatoms. The minimum Gasteiger partial charge on any atom is -0.354 e. The van der Waals surface area contributed by atoms with E-state index < -0.39 is 0 Å². The lowest BCUT2D eigenvalue weighted by Crippen LogP contribution is -2.38. The molecule has 1 fully saturated rings. The Balaban J connectivity index is 2.12. The third-order valence-electron chi connectivity index (χ3n) is 3.18. The van der Waals surface area contributed by atoms with Crippen LogP contribution in [0.25, 0.3) is 0 Å². The molecule has 0 aliphatic carbocycles. The van der Waals surface area contributed by atoms with Gasteiger partial charge in [-0.05, 0) is 63.7 Å². The lowest BCUT2D eigenvalue weighted by Gasteiger charge is -2.27. The van der Waals surface area contributed by atoms with Gasteiger partial charge in [-0.15, -0.1) is 0 Å². The standard InChI is InChI=1S/C13H19Br2N3/c1-2-6-18(9-11-4-3-5-16-11)13-12(15)7-10(14)8-17-13/h7-8,11,16H,2-6,9H2,1H3. The van der Waals surface area contributed by atoms with Gasteiger partial charge < -0.3 is 10.2 Å². The van der Waals surface area contributed by atoms with Gasteiger partial charge in [-0.1, -0.05) is 6.92 Å². The molecule has 100 valence electrons. The summed E-state index contributed by atoms with van der Waals surface area (Å²) in [4.78, 5) is 6.92. The summed E-state index contributed by atoms with van der Waals surface area (Å²) in [5, 5.41) is 3.55. The van der Waals surface area contributed by atoms with Crippen LogP contribution in [0.3, 0.4) is 0 Å². The average Bonchev–Trinajstić information content (AvgIpc) is 2.81. The first-order chi connectivity index (χ1) is 8.70. The first-order valence-electron chi connectivity index (χ1n) is 6.50. The number of pyridine rings is 1. The summed E-state index contributed by atoms with van der Waals surface area (Å²) in [6.45, 7) is 5.45. The van der Waals surface area contributed by atoms with Crippen LogP contribution in [0, 0.1) is 0 Å². The van der Waals surface area contributed by atoms with Gasteiger partial charge in [0, 0.05) is 29.8 Å². The van der Waals surface area contributed by atoms with Gasteiger partial charge in [0.25, 0.3) is 0 Å². The number of hydrogen-bond acceptors (Lipinski definition) is 3. The second-order valence-corrected chi connectivity index (χ2v) is 6.47. The zero-order valence-corrected chi connectivity index (χ0v) is 13.8. The zero-order valence-electron chi connectivity index (χ0n) is 10.6. The Hall–Kier alpha value is -0.130. The maximum absolute atomic E-state index is 4.54. The number of rotatable bonds is 5. The number of nitrogens with zero attached hydrogens (tertiary/aromatic N) is 2. The quantitative estimate of drug-likeness (QED) is 0.851. The molecule has 0 radical (unpaired) electrons. The summed E-state index contributed by atoms with van der Waals surface area (Å²) in [6, 6.07) is 2.67. The van der Waals surface area contributed by atoms with Gasteiger partial charge in [-0.2, -0.15) is 0 Å². The summed E-state index contributed by atoms with van der Waals surface area (Å²) in [6.07, 6.45) is 5.57. The van der Waals surface area contributed by atoms with Crippen molar-refractivity contribution >= 4 is 37.7 Å². The Morgan fingerprint density at radius 1 is 1.50 bits per heavy atom. The Labute approximate surface area is 126 Å². The van der Waals surface area contributed by atoms with E-state index in [-0.39, 0.29) is 0 Å². The first-order valence-corrected chi connectivity index (χ1v) is 8.08. The maximum atomic E-state index is 4.54. The molecule has 0 saturated carbocycles. The number of anilines is 1. The van der Waals surface area contributed by atoms with Crippen molar-refractivity contribution in [1.82, 2.24) is 10.3 Å². The SMILES string of the molecule is CCCN(CC1CCCN1)c1ncc(Br)cc1Br. The molecule has 1 saturated heterocycles. The van der Waals surface area contributed by atoms with E-state index in [0.29, 0.717) is 6.04 Å². The number of hydrogen-bond donors (Lipinski definition) is 1. The fourth-order valence-electron chi connectivity index (χ4n) is 2.37. The van der Waals surface area contributed by atoms with E-state index in [2.05, 4.69) is 60.1 Å². The molecule has 1 N–H and O–H groups in total. The second kappa shape index (κ2) is 6.87. The van der Waals surface area contributed by atoms with Crippen molar-refractivity contribution in [2.75, 3.05) is 24.5 Å². The van der Waals surface area contributed by atoms with Crippen molar-refractivity contribution in [1.29, 1.82) is 0 Å². The smallest absolute Gasteiger partial charge is 0.142 e. The van der Waals surface area contributed by atoms with Crippen molar-refractivity contribution in [3.05, 3.63) is 21.2 Å². The minimum absolute atomic E-state index is 0.605. The van der Waals surface area contributed by atoms with Crippen molar-refractivity contribution in [3.63, 3.8) is 0 Å². The molecule has 1 atom stereocenters. The minimum atomic E-state index is 0.605. The Bertz CT molecular complexity index is 392. The molecule has 1 aromatic heterocycles. The summed E-state index contributed by atoms with van der Waals surface area (Å²) >= 11 is 7.06. The van der Waals surface area contributed by atoms with Gasteiger partial charge in [0.05, 0.1) is 4.47 Å². The molecule has 2 rings (SSSR count). The maximum Gasteiger partial charge on any atom is 0.142 e. The third-order valence-corrected chi connectivity index (χ3v) is 4.20. The number of halogens is 2. The monoisotopic (exact) mass is 375 g/mol. The summed E-state index contributed by atoms with van der Waals surface area (Å²) in [7, 11) is 0. The summed E-state index contributed by atoms with van der Waals surface area (Å²) in [5.41, 5.74) is 0. The van der Waals surface area contributed by atoms with E-state index in [1.807, 2.05) is 6.20 Å². The molecule has 0 amide bonds. The predicted molar refractivity (Wildman–Crippen MR) is 83.2 cm³/mol. The van der Waals surface area contributed by atoms with Crippen molar-refractivity contribution in [2.24, 2.45) is 0 Å². The lowest BCUT2D eigenvalue weighted by molar-refractivity contribution is 0.575. The fraction of sp³-hybridized carbons (Fsp3) is 0.615. The molecule has 0 aromatic carbocycles. The largest absolute Gasteiger partial charge is 0.354 e. The summed E-state index contributed by atoms with van der Waals surface area (Å²) in [5.74, 6) is 1.05. The van der Waals surface area contributed by atoms with Crippen molar-refractivity contribution in [2.45, 2.75) is 32.2 Å². The Morgan fingerprint density at radius 3 is 2.94 bits per heavy atom. The second-order valence-electron chi connectivity index (χ2n) is 4.70. The van der Waals surface area contributed by atoms with E-state index in [1.54, 1.807) is 0 Å². The highest BCUT2D eigenvalue weighted by Crippen LogP contribution is 2.27. The molecule has 2 heterocycles. The molecule has 1 aliphatic heterocycles. The average molecular weight is 377 g/mol. The van der Waals surface area contributed by atoms with Gasteiger partial charge in [0.2, 0.25) is 0 Å². The highest BCUT2D eigenvalue weighted by Gasteiger charge is 2.19. The van der Waals surface area contributed by atoms with Crippen molar-refractivity contribution < 1.29 is 0 Å². The zero-order chi connectivity index (χ0) is 13.0. The highest BCUT2D eigenvalue weighted by atomic mass is 79.9. The predicted octanol–water partition coefficient (Wildman–Crippen LogP) is 3.58. The first kappa shape index (κ1) is 14.3. The van der Waals surface area contributed by atoms with E-state index in [0.717, 1.165) is 40.8 Å². The molecular weight excluding hydrogens is 358 g/mol. The molecule has 0 bridgehead atoms. The van der Waals surface area contributed by atoms with Gasteiger partial charge in [0.15, 0.2) is 0 Å². The van der Waals surface area contributed by atoms with Gasteiger partial charge in [-0.25, -0.2) is 4.98 Å². The molecular formula is C13H19Br2N3. The van der Waals surface area contributed by atoms with E-state index in [9.17, 15) is 0 Å². The molecule has 3 nitrogen and oxygen atoms in total. The molecule has 1 aliphatic rings. The van der Waals surface area contributed by atoms with Crippen LogP contribution in [0.4, 0.5) is 5.82 Å². The number of nitrogens with one attached hydrogen (secondary N) is 1. The van der Waals surface area contributed by atoms with Crippen LogP contribution in [-0.2, 0) is 0 Å². The van der Waals surface area contributed by atoms with Crippen LogP contribution < -0.4 is 10.2 Å². The van der Waals surface area contributed by atoms with E-state index >= 15 is 0 Å². The third kappa shape index (κ3) is 3.68. The molecule has 1 unspecified atom stereocenters. The topological polar surface area (TPSA) is 28.2 Å². The van der Waals surface area contributed by atoms with Crippen LogP contribution in [0.2, 0.25) is 0 Å². The Kier molecular flexibility index (Phi) is 5.45. The van der Waals surface area contributed by atoms with Gasteiger partial charge in [0.1, 0.15) is 5.82 Å². The van der Waals surface area contributed by atoms with Crippen LogP contribution in [0.5, 0.6) is 0 Å². The van der Waals surface area contributed by atoms with E-state index in [1.165, 1.54) is 12.8 Å². The van der Waals surface area contributed by atoms with E-state index in [4.69, 9.17) is 0 Å². The lowest BCUT2D eigenvalue weighted by atomic mass is 10.2. The molecule has 18 heavy (non-hydrogen) atoms. The molecule has 1 aromatic rings. The molecule has 0 spiro atoms. The van der Waals surface area contributed by atoms with Crippen LogP contribution in [0.1, 0.15) is 26.2 Å². The van der Waals surface area contributed by atoms with Gasteiger partial charge >= 0.3 is 0 Å². The van der Waals surface area contributed by atoms with Crippen LogP contribution >= 0.6 is 31.9 Å². The van der Waals surface area contributed by atoms with Gasteiger partial charge in [-0.3, -0.25) is 0 Å². The Morgan fingerprint density at radius 2 is 2.33 bits per heavy atom.